The van der Waals surface area contributed by atoms with Crippen LogP contribution in [0.3, 0.4) is 0 Å². The highest BCUT2D eigenvalue weighted by Gasteiger charge is 2.24. The number of rotatable bonds is 4. The topological polar surface area (TPSA) is 58.6 Å². The van der Waals surface area contributed by atoms with Crippen LogP contribution < -0.4 is 5.32 Å². The van der Waals surface area contributed by atoms with Crippen LogP contribution in [0.1, 0.15) is 45.7 Å². The second kappa shape index (κ2) is 8.17. The second-order valence-electron chi connectivity index (χ2n) is 5.51. The summed E-state index contributed by atoms with van der Waals surface area (Å²) in [6, 6.07) is 8.94. The number of amides is 1. The van der Waals surface area contributed by atoms with Crippen LogP contribution in [-0.2, 0) is 4.74 Å². The average Bonchev–Trinajstić information content (AvgIpc) is 2.34. The molecule has 4 nitrogen and oxygen atoms in total. The fraction of sp³-hybridized carbons (Fsp3) is 0.533. The minimum atomic E-state index is -0.644. The minimum Gasteiger partial charge on any atom is -0.444 e. The molecule has 2 N–H and O–H groups in total. The van der Waals surface area contributed by atoms with Crippen LogP contribution in [0, 0.1) is 0 Å². The molecule has 0 fully saturated rings. The summed E-state index contributed by atoms with van der Waals surface area (Å²) < 4.78 is 5.22. The summed E-state index contributed by atoms with van der Waals surface area (Å²) in [6.07, 6.45) is -0.612. The molecule has 0 heterocycles. The first-order chi connectivity index (χ1) is 8.83. The van der Waals surface area contributed by atoms with Gasteiger partial charge >= 0.3 is 6.09 Å². The van der Waals surface area contributed by atoms with Crippen LogP contribution in [0.4, 0.5) is 4.79 Å². The molecule has 2 atom stereocenters. The zero-order valence-electron chi connectivity index (χ0n) is 12.5. The van der Waals surface area contributed by atoms with Gasteiger partial charge in [-0.05, 0) is 32.8 Å². The molecule has 5 heteroatoms. The van der Waals surface area contributed by atoms with Crippen molar-refractivity contribution in [3.8, 4) is 0 Å². The third-order valence-corrected chi connectivity index (χ3v) is 2.63. The number of alkyl carbamates (subject to hydrolysis) is 1. The van der Waals surface area contributed by atoms with Gasteiger partial charge < -0.3 is 15.2 Å². The quantitative estimate of drug-likeness (QED) is 0.898. The molecule has 0 aromatic heterocycles. The molecule has 0 radical (unpaired) electrons. The van der Waals surface area contributed by atoms with Gasteiger partial charge in [0.15, 0.2) is 0 Å². The van der Waals surface area contributed by atoms with E-state index in [1.165, 1.54) is 0 Å². The second-order valence-corrected chi connectivity index (χ2v) is 5.51. The van der Waals surface area contributed by atoms with Crippen molar-refractivity contribution in [1.82, 2.24) is 5.32 Å². The van der Waals surface area contributed by atoms with Crippen molar-refractivity contribution >= 4 is 19.6 Å². The zero-order valence-corrected chi connectivity index (χ0v) is 13.5. The Morgan fingerprint density at radius 2 is 1.85 bits per heavy atom. The SMILES string of the molecule is CC[C@H](O)[C@H](NC(=O)OC(C)(C)C)c1ccccc1.S. The van der Waals surface area contributed by atoms with E-state index in [4.69, 9.17) is 4.74 Å². The number of ether oxygens (including phenoxy) is 1. The summed E-state index contributed by atoms with van der Waals surface area (Å²) in [5.41, 5.74) is 0.311. The van der Waals surface area contributed by atoms with Crippen molar-refractivity contribution in [2.45, 2.75) is 51.9 Å². The standard InChI is InChI=1S/C15H23NO3.H2S/c1-5-12(17)13(11-9-7-6-8-10-11)16-14(18)19-15(2,3)4;/h6-10,12-13,17H,5H2,1-4H3,(H,16,18);1H2/t12-,13+;/m0./s1. The van der Waals surface area contributed by atoms with Crippen LogP contribution in [0.2, 0.25) is 0 Å². The molecule has 1 rings (SSSR count). The van der Waals surface area contributed by atoms with Gasteiger partial charge in [-0.15, -0.1) is 0 Å². The van der Waals surface area contributed by atoms with Gasteiger partial charge in [-0.1, -0.05) is 37.3 Å². The Hall–Kier alpha value is -1.20. The van der Waals surface area contributed by atoms with Crippen molar-refractivity contribution in [1.29, 1.82) is 0 Å². The number of aliphatic hydroxyl groups is 1. The van der Waals surface area contributed by atoms with E-state index in [0.717, 1.165) is 5.56 Å². The molecule has 20 heavy (non-hydrogen) atoms. The van der Waals surface area contributed by atoms with E-state index in [2.05, 4.69) is 5.32 Å². The summed E-state index contributed by atoms with van der Waals surface area (Å²) in [4.78, 5) is 11.8. The molecule has 0 saturated heterocycles. The highest BCUT2D eigenvalue weighted by Crippen LogP contribution is 2.19. The lowest BCUT2D eigenvalue weighted by molar-refractivity contribution is 0.0417. The van der Waals surface area contributed by atoms with E-state index in [-0.39, 0.29) is 13.5 Å². The lowest BCUT2D eigenvalue weighted by Gasteiger charge is -2.26. The first-order valence-corrected chi connectivity index (χ1v) is 6.56. The van der Waals surface area contributed by atoms with E-state index < -0.39 is 23.8 Å². The van der Waals surface area contributed by atoms with Crippen LogP contribution in [-0.4, -0.2) is 22.9 Å². The summed E-state index contributed by atoms with van der Waals surface area (Å²) in [6.45, 7) is 7.29. The highest BCUT2D eigenvalue weighted by molar-refractivity contribution is 7.59. The number of carbonyl (C=O) groups is 1. The van der Waals surface area contributed by atoms with Crippen molar-refractivity contribution in [2.24, 2.45) is 0 Å². The predicted octanol–water partition coefficient (Wildman–Crippen LogP) is 3.14. The van der Waals surface area contributed by atoms with Gasteiger partial charge in [0.2, 0.25) is 0 Å². The van der Waals surface area contributed by atoms with E-state index >= 15 is 0 Å². The van der Waals surface area contributed by atoms with Gasteiger partial charge in [0.1, 0.15) is 5.60 Å². The third-order valence-electron chi connectivity index (χ3n) is 2.63. The first kappa shape index (κ1) is 18.8. The van der Waals surface area contributed by atoms with E-state index in [9.17, 15) is 9.90 Å². The van der Waals surface area contributed by atoms with Crippen LogP contribution in [0.5, 0.6) is 0 Å². The zero-order chi connectivity index (χ0) is 14.5. The predicted molar refractivity (Wildman–Crippen MR) is 85.2 cm³/mol. The first-order valence-electron chi connectivity index (χ1n) is 6.56. The van der Waals surface area contributed by atoms with Gasteiger partial charge in [0, 0.05) is 0 Å². The summed E-state index contributed by atoms with van der Waals surface area (Å²) in [7, 11) is 0. The van der Waals surface area contributed by atoms with Crippen LogP contribution in [0.25, 0.3) is 0 Å². The van der Waals surface area contributed by atoms with Gasteiger partial charge in [-0.2, -0.15) is 13.5 Å². The molecule has 0 aliphatic rings. The minimum absolute atomic E-state index is 0. The third kappa shape index (κ3) is 6.30. The maximum Gasteiger partial charge on any atom is 0.408 e. The molecule has 1 amide bonds. The van der Waals surface area contributed by atoms with E-state index in [0.29, 0.717) is 6.42 Å². The van der Waals surface area contributed by atoms with Crippen LogP contribution in [0.15, 0.2) is 30.3 Å². The average molecular weight is 299 g/mol. The molecule has 0 aliphatic carbocycles. The van der Waals surface area contributed by atoms with Gasteiger partial charge in [0.05, 0.1) is 12.1 Å². The Morgan fingerprint density at radius 3 is 2.30 bits per heavy atom. The molecule has 0 bridgehead atoms. The Labute approximate surface area is 128 Å². The number of hydrogen-bond donors (Lipinski definition) is 2. The highest BCUT2D eigenvalue weighted by atomic mass is 32.1. The lowest BCUT2D eigenvalue weighted by Crippen LogP contribution is -2.39. The Bertz CT molecular complexity index is 403. The van der Waals surface area contributed by atoms with Gasteiger partial charge in [-0.25, -0.2) is 4.79 Å². The molecule has 114 valence electrons. The molecule has 0 unspecified atom stereocenters. The maximum atomic E-state index is 11.8. The number of nitrogens with one attached hydrogen (secondary N) is 1. The smallest absolute Gasteiger partial charge is 0.408 e. The van der Waals surface area contributed by atoms with E-state index in [1.54, 1.807) is 20.8 Å². The summed E-state index contributed by atoms with van der Waals surface area (Å²) in [5.74, 6) is 0. The van der Waals surface area contributed by atoms with E-state index in [1.807, 2.05) is 37.3 Å². The molecule has 0 spiro atoms. The van der Waals surface area contributed by atoms with Crippen molar-refractivity contribution in [3.05, 3.63) is 35.9 Å². The monoisotopic (exact) mass is 299 g/mol. The molecular weight excluding hydrogens is 274 g/mol. The molecular formula is C15H25NO3S. The number of benzene rings is 1. The number of carbonyl (C=O) groups excluding carboxylic acids is 1. The summed E-state index contributed by atoms with van der Waals surface area (Å²) in [5, 5.41) is 12.8. The number of hydrogen-bond acceptors (Lipinski definition) is 3. The molecule has 0 aliphatic heterocycles. The maximum absolute atomic E-state index is 11.8. The molecule has 1 aromatic rings. The Morgan fingerprint density at radius 1 is 1.30 bits per heavy atom. The van der Waals surface area contributed by atoms with Crippen LogP contribution >= 0.6 is 13.5 Å². The lowest BCUT2D eigenvalue weighted by atomic mass is 10.00. The fourth-order valence-corrected chi connectivity index (χ4v) is 1.73. The Kier molecular flexibility index (Phi) is 7.68. The van der Waals surface area contributed by atoms with Crippen molar-refractivity contribution in [3.63, 3.8) is 0 Å². The molecule has 1 aromatic carbocycles. The summed E-state index contributed by atoms with van der Waals surface area (Å²) >= 11 is 0. The molecule has 0 saturated carbocycles. The van der Waals surface area contributed by atoms with Crippen molar-refractivity contribution in [2.75, 3.05) is 0 Å². The Balaban J connectivity index is 0.00000361. The number of aliphatic hydroxyl groups excluding tert-OH is 1. The van der Waals surface area contributed by atoms with Gasteiger partial charge in [0.25, 0.3) is 0 Å². The normalized spacial score (nSPS) is 13.8. The van der Waals surface area contributed by atoms with Gasteiger partial charge in [-0.3, -0.25) is 0 Å². The largest absolute Gasteiger partial charge is 0.444 e. The van der Waals surface area contributed by atoms with Crippen molar-refractivity contribution < 1.29 is 14.6 Å². The fourth-order valence-electron chi connectivity index (χ4n) is 1.73.